The molecule has 5 heteroatoms. The van der Waals surface area contributed by atoms with E-state index in [4.69, 9.17) is 4.42 Å². The van der Waals surface area contributed by atoms with Crippen LogP contribution < -0.4 is 0 Å². The third kappa shape index (κ3) is 3.40. The maximum atomic E-state index is 12.7. The maximum Gasteiger partial charge on any atom is 0.223 e. The number of thiazole rings is 1. The lowest BCUT2D eigenvalue weighted by Crippen LogP contribution is -2.40. The second kappa shape index (κ2) is 6.65. The molecule has 2 aromatic heterocycles. The lowest BCUT2D eigenvalue weighted by atomic mass is 9.90. The van der Waals surface area contributed by atoms with E-state index >= 15 is 0 Å². The smallest absolute Gasteiger partial charge is 0.223 e. The van der Waals surface area contributed by atoms with Crippen molar-refractivity contribution in [2.24, 2.45) is 5.92 Å². The lowest BCUT2D eigenvalue weighted by molar-refractivity contribution is -0.136. The van der Waals surface area contributed by atoms with Crippen LogP contribution in [0, 0.1) is 12.8 Å². The van der Waals surface area contributed by atoms with E-state index in [0.29, 0.717) is 12.3 Å². The van der Waals surface area contributed by atoms with Gasteiger partial charge in [-0.2, -0.15) is 0 Å². The van der Waals surface area contributed by atoms with Crippen molar-refractivity contribution in [1.82, 2.24) is 9.88 Å². The van der Waals surface area contributed by atoms with Gasteiger partial charge in [-0.1, -0.05) is 6.92 Å². The fourth-order valence-electron chi connectivity index (χ4n) is 3.08. The number of carbonyl (C=O) groups is 1. The molecule has 1 fully saturated rings. The van der Waals surface area contributed by atoms with E-state index < -0.39 is 0 Å². The zero-order valence-corrected chi connectivity index (χ0v) is 13.9. The molecule has 1 aliphatic rings. The first-order valence-corrected chi connectivity index (χ1v) is 8.80. The van der Waals surface area contributed by atoms with Gasteiger partial charge in [0.05, 0.1) is 17.2 Å². The highest BCUT2D eigenvalue weighted by atomic mass is 32.1. The number of hydrogen-bond donors (Lipinski definition) is 0. The third-order valence-electron chi connectivity index (χ3n) is 4.35. The molecule has 0 aromatic carbocycles. The molecule has 1 aliphatic heterocycles. The number of carbonyl (C=O) groups excluding carboxylic acids is 1. The predicted molar refractivity (Wildman–Crippen MR) is 86.7 cm³/mol. The minimum Gasteiger partial charge on any atom is -0.464 e. The first kappa shape index (κ1) is 15.3. The Morgan fingerprint density at radius 3 is 3.05 bits per heavy atom. The molecule has 118 valence electrons. The fourth-order valence-corrected chi connectivity index (χ4v) is 3.67. The highest BCUT2D eigenvalue weighted by Gasteiger charge is 2.32. The zero-order valence-electron chi connectivity index (χ0n) is 13.1. The maximum absolute atomic E-state index is 12.7. The number of piperidine rings is 1. The van der Waals surface area contributed by atoms with Crippen molar-refractivity contribution < 1.29 is 9.21 Å². The third-order valence-corrected chi connectivity index (χ3v) is 4.99. The molecule has 0 radical (unpaired) electrons. The monoisotopic (exact) mass is 318 g/mol. The van der Waals surface area contributed by atoms with Gasteiger partial charge in [0.1, 0.15) is 11.5 Å². The van der Waals surface area contributed by atoms with Crippen LogP contribution in [0.25, 0.3) is 0 Å². The van der Waals surface area contributed by atoms with E-state index in [0.717, 1.165) is 43.0 Å². The second-order valence-electron chi connectivity index (χ2n) is 6.16. The standard InChI is InChI=1S/C17H22N2O2S/c1-12-7-8-19(15(9-12)16-5-3-13(2)21-16)17(20)6-4-14-10-22-11-18-14/h3,5,10-12,15H,4,6-9H2,1-2H3. The minimum absolute atomic E-state index is 0.0837. The minimum atomic E-state index is 0.0837. The van der Waals surface area contributed by atoms with Crippen molar-refractivity contribution in [2.75, 3.05) is 6.54 Å². The molecule has 3 heterocycles. The Morgan fingerprint density at radius 1 is 1.50 bits per heavy atom. The molecule has 1 amide bonds. The number of likely N-dealkylation sites (tertiary alicyclic amines) is 1. The topological polar surface area (TPSA) is 46.3 Å². The molecule has 0 aliphatic carbocycles. The lowest BCUT2D eigenvalue weighted by Gasteiger charge is -2.37. The summed E-state index contributed by atoms with van der Waals surface area (Å²) in [4.78, 5) is 18.9. The van der Waals surface area contributed by atoms with Crippen LogP contribution in [0.15, 0.2) is 27.4 Å². The van der Waals surface area contributed by atoms with Crippen LogP contribution in [-0.4, -0.2) is 22.3 Å². The normalized spacial score (nSPS) is 22.0. The molecule has 22 heavy (non-hydrogen) atoms. The Bertz CT molecular complexity index is 620. The first-order valence-electron chi connectivity index (χ1n) is 7.86. The summed E-state index contributed by atoms with van der Waals surface area (Å²) in [5, 5.41) is 2.01. The van der Waals surface area contributed by atoms with Crippen molar-refractivity contribution in [3.05, 3.63) is 40.2 Å². The Kier molecular flexibility index (Phi) is 4.62. The van der Waals surface area contributed by atoms with Gasteiger partial charge in [-0.15, -0.1) is 11.3 Å². The second-order valence-corrected chi connectivity index (χ2v) is 6.88. The summed E-state index contributed by atoms with van der Waals surface area (Å²) >= 11 is 1.58. The average molecular weight is 318 g/mol. The summed E-state index contributed by atoms with van der Waals surface area (Å²) in [6, 6.07) is 4.08. The molecular weight excluding hydrogens is 296 g/mol. The van der Waals surface area contributed by atoms with E-state index in [-0.39, 0.29) is 11.9 Å². The van der Waals surface area contributed by atoms with Crippen LogP contribution >= 0.6 is 11.3 Å². The Balaban J connectivity index is 1.70. The summed E-state index contributed by atoms with van der Waals surface area (Å²) in [5.74, 6) is 2.66. The Morgan fingerprint density at radius 2 is 2.36 bits per heavy atom. The molecule has 0 bridgehead atoms. The number of furan rings is 1. The van der Waals surface area contributed by atoms with Crippen LogP contribution in [0.5, 0.6) is 0 Å². The molecule has 2 aromatic rings. The average Bonchev–Trinajstić information content (AvgIpc) is 3.16. The molecule has 0 spiro atoms. The number of nitrogens with zero attached hydrogens (tertiary/aromatic N) is 2. The number of aromatic nitrogens is 1. The molecule has 4 nitrogen and oxygen atoms in total. The van der Waals surface area contributed by atoms with Crippen LogP contribution in [0.1, 0.15) is 49.4 Å². The van der Waals surface area contributed by atoms with Gasteiger partial charge >= 0.3 is 0 Å². The molecule has 0 N–H and O–H groups in total. The highest BCUT2D eigenvalue weighted by Crippen LogP contribution is 2.35. The Labute approximate surface area is 135 Å². The summed E-state index contributed by atoms with van der Waals surface area (Å²) in [7, 11) is 0. The molecule has 1 saturated heterocycles. The van der Waals surface area contributed by atoms with Crippen LogP contribution in [0.2, 0.25) is 0 Å². The van der Waals surface area contributed by atoms with Crippen molar-refractivity contribution in [2.45, 2.75) is 45.6 Å². The van der Waals surface area contributed by atoms with Crippen molar-refractivity contribution in [1.29, 1.82) is 0 Å². The SMILES string of the molecule is Cc1ccc(C2CC(C)CCN2C(=O)CCc2cscn2)o1. The van der Waals surface area contributed by atoms with Gasteiger partial charge in [0.25, 0.3) is 0 Å². The largest absolute Gasteiger partial charge is 0.464 e. The zero-order chi connectivity index (χ0) is 15.5. The van der Waals surface area contributed by atoms with Gasteiger partial charge in [0.2, 0.25) is 5.91 Å². The van der Waals surface area contributed by atoms with Gasteiger partial charge in [-0.05, 0) is 44.2 Å². The molecular formula is C17H22N2O2S. The van der Waals surface area contributed by atoms with Gasteiger partial charge in [0.15, 0.2) is 0 Å². The van der Waals surface area contributed by atoms with Gasteiger partial charge in [0, 0.05) is 18.3 Å². The van der Waals surface area contributed by atoms with Crippen molar-refractivity contribution in [3.8, 4) is 0 Å². The summed E-state index contributed by atoms with van der Waals surface area (Å²) < 4.78 is 5.80. The molecule has 2 unspecified atom stereocenters. The number of rotatable bonds is 4. The van der Waals surface area contributed by atoms with E-state index in [1.54, 1.807) is 11.3 Å². The molecule has 0 saturated carbocycles. The van der Waals surface area contributed by atoms with E-state index in [1.807, 2.05) is 34.8 Å². The number of hydrogen-bond acceptors (Lipinski definition) is 4. The quantitative estimate of drug-likeness (QED) is 0.856. The predicted octanol–water partition coefficient (Wildman–Crippen LogP) is 3.98. The van der Waals surface area contributed by atoms with Crippen LogP contribution in [0.3, 0.4) is 0 Å². The van der Waals surface area contributed by atoms with Gasteiger partial charge in [-0.3, -0.25) is 4.79 Å². The van der Waals surface area contributed by atoms with Gasteiger partial charge < -0.3 is 9.32 Å². The molecule has 3 rings (SSSR count). The summed E-state index contributed by atoms with van der Waals surface area (Å²) in [6.45, 7) is 5.02. The number of amides is 1. The van der Waals surface area contributed by atoms with Crippen molar-refractivity contribution in [3.63, 3.8) is 0 Å². The number of aryl methyl sites for hydroxylation is 2. The highest BCUT2D eigenvalue weighted by molar-refractivity contribution is 7.07. The van der Waals surface area contributed by atoms with E-state index in [2.05, 4.69) is 11.9 Å². The van der Waals surface area contributed by atoms with Crippen LogP contribution in [-0.2, 0) is 11.2 Å². The van der Waals surface area contributed by atoms with E-state index in [9.17, 15) is 4.79 Å². The molecule has 2 atom stereocenters. The summed E-state index contributed by atoms with van der Waals surface area (Å²) in [6.07, 6.45) is 3.29. The van der Waals surface area contributed by atoms with Crippen molar-refractivity contribution >= 4 is 17.2 Å². The fraction of sp³-hybridized carbons (Fsp3) is 0.529. The summed E-state index contributed by atoms with van der Waals surface area (Å²) in [5.41, 5.74) is 2.82. The first-order chi connectivity index (χ1) is 10.6. The van der Waals surface area contributed by atoms with Gasteiger partial charge in [-0.25, -0.2) is 4.98 Å². The Hall–Kier alpha value is -1.62. The van der Waals surface area contributed by atoms with E-state index in [1.165, 1.54) is 0 Å². The van der Waals surface area contributed by atoms with Crippen LogP contribution in [0.4, 0.5) is 0 Å².